The number of rotatable bonds is 5. The van der Waals surface area contributed by atoms with Crippen LogP contribution in [-0.4, -0.2) is 44.6 Å². The van der Waals surface area contributed by atoms with Gasteiger partial charge in [-0.25, -0.2) is 9.97 Å². The van der Waals surface area contributed by atoms with E-state index in [0.717, 1.165) is 61.0 Å². The van der Waals surface area contributed by atoms with Crippen LogP contribution in [0, 0.1) is 0 Å². The number of piperidine rings is 1. The van der Waals surface area contributed by atoms with E-state index in [1.54, 1.807) is 12.4 Å². The van der Waals surface area contributed by atoms with Gasteiger partial charge in [0.25, 0.3) is 0 Å². The Hall–Kier alpha value is -2.67. The predicted molar refractivity (Wildman–Crippen MR) is 111 cm³/mol. The van der Waals surface area contributed by atoms with E-state index in [9.17, 15) is 0 Å². The summed E-state index contributed by atoms with van der Waals surface area (Å²) < 4.78 is 7.88. The van der Waals surface area contributed by atoms with E-state index in [1.807, 2.05) is 42.8 Å². The first-order chi connectivity index (χ1) is 13.8. The summed E-state index contributed by atoms with van der Waals surface area (Å²) in [5.41, 5.74) is 2.59. The number of imidazole rings is 1. The van der Waals surface area contributed by atoms with E-state index < -0.39 is 0 Å². The molecule has 0 aromatic carbocycles. The first-order valence-electron chi connectivity index (χ1n) is 10.3. The summed E-state index contributed by atoms with van der Waals surface area (Å²) in [7, 11) is 0. The summed E-state index contributed by atoms with van der Waals surface area (Å²) in [6, 6.07) is 4.36. The SMILES string of the molecule is CC.c1cn2c(-c3cncc(NC4CCCNC4)n3)cnc2cc1OC1CC1. The quantitative estimate of drug-likeness (QED) is 0.705. The lowest BCUT2D eigenvalue weighted by molar-refractivity contribution is 0.303. The number of anilines is 1. The highest BCUT2D eigenvalue weighted by atomic mass is 16.5. The van der Waals surface area contributed by atoms with Gasteiger partial charge in [0.1, 0.15) is 22.9 Å². The zero-order valence-corrected chi connectivity index (χ0v) is 16.6. The number of aromatic nitrogens is 4. The molecule has 1 saturated heterocycles. The first kappa shape index (κ1) is 18.7. The van der Waals surface area contributed by atoms with Crippen LogP contribution in [0.5, 0.6) is 5.75 Å². The molecule has 2 N–H and O–H groups in total. The Morgan fingerprint density at radius 3 is 2.86 bits per heavy atom. The minimum absolute atomic E-state index is 0.384. The first-order valence-corrected chi connectivity index (χ1v) is 10.3. The summed E-state index contributed by atoms with van der Waals surface area (Å²) in [6.45, 7) is 6.06. The number of ether oxygens (including phenoxy) is 1. The largest absolute Gasteiger partial charge is 0.490 e. The maximum atomic E-state index is 5.85. The molecule has 5 rings (SSSR count). The highest BCUT2D eigenvalue weighted by molar-refractivity contribution is 5.61. The molecule has 1 atom stereocenters. The second-order valence-electron chi connectivity index (χ2n) is 7.03. The smallest absolute Gasteiger partial charge is 0.145 e. The maximum absolute atomic E-state index is 5.85. The second-order valence-corrected chi connectivity index (χ2v) is 7.03. The Morgan fingerprint density at radius 1 is 1.18 bits per heavy atom. The fourth-order valence-electron chi connectivity index (χ4n) is 3.35. The molecule has 148 valence electrons. The molecule has 7 nitrogen and oxygen atoms in total. The average Bonchev–Trinajstić information content (AvgIpc) is 3.46. The Morgan fingerprint density at radius 2 is 2.07 bits per heavy atom. The number of nitrogens with one attached hydrogen (secondary N) is 2. The molecule has 0 amide bonds. The fraction of sp³-hybridized carbons (Fsp3) is 0.476. The lowest BCUT2D eigenvalue weighted by Crippen LogP contribution is -2.38. The minimum Gasteiger partial charge on any atom is -0.490 e. The molecule has 1 saturated carbocycles. The third kappa shape index (κ3) is 4.25. The van der Waals surface area contributed by atoms with Gasteiger partial charge in [0, 0.05) is 24.8 Å². The van der Waals surface area contributed by atoms with Gasteiger partial charge in [-0.15, -0.1) is 0 Å². The van der Waals surface area contributed by atoms with Crippen molar-refractivity contribution in [1.82, 2.24) is 24.7 Å². The van der Waals surface area contributed by atoms with Gasteiger partial charge in [0.15, 0.2) is 0 Å². The van der Waals surface area contributed by atoms with Crippen LogP contribution in [0.2, 0.25) is 0 Å². The number of hydrogen-bond acceptors (Lipinski definition) is 6. The number of nitrogens with zero attached hydrogens (tertiary/aromatic N) is 4. The van der Waals surface area contributed by atoms with E-state index in [4.69, 9.17) is 9.72 Å². The van der Waals surface area contributed by atoms with Gasteiger partial charge in [0.05, 0.1) is 30.4 Å². The molecule has 3 aromatic heterocycles. The van der Waals surface area contributed by atoms with Crippen molar-refractivity contribution in [2.75, 3.05) is 18.4 Å². The van der Waals surface area contributed by atoms with Gasteiger partial charge in [-0.1, -0.05) is 13.8 Å². The molecular weight excluding hydrogens is 352 g/mol. The van der Waals surface area contributed by atoms with Crippen LogP contribution >= 0.6 is 0 Å². The molecule has 1 aliphatic carbocycles. The van der Waals surface area contributed by atoms with Crippen molar-refractivity contribution in [1.29, 1.82) is 0 Å². The predicted octanol–water partition coefficient (Wildman–Crippen LogP) is 3.52. The van der Waals surface area contributed by atoms with Crippen LogP contribution < -0.4 is 15.4 Å². The Balaban J connectivity index is 0.000000932. The maximum Gasteiger partial charge on any atom is 0.145 e. The van der Waals surface area contributed by atoms with Crippen LogP contribution in [-0.2, 0) is 0 Å². The lowest BCUT2D eigenvalue weighted by atomic mass is 10.1. The monoisotopic (exact) mass is 380 g/mol. The number of hydrogen-bond donors (Lipinski definition) is 2. The van der Waals surface area contributed by atoms with Crippen LogP contribution in [0.25, 0.3) is 17.0 Å². The lowest BCUT2D eigenvalue weighted by Gasteiger charge is -2.24. The zero-order valence-electron chi connectivity index (χ0n) is 16.6. The normalized spacial score (nSPS) is 19.0. The number of fused-ring (bicyclic) bond motifs is 1. The van der Waals surface area contributed by atoms with Crippen molar-refractivity contribution < 1.29 is 4.74 Å². The molecule has 0 spiro atoms. The van der Waals surface area contributed by atoms with Crippen molar-refractivity contribution in [3.05, 3.63) is 36.9 Å². The van der Waals surface area contributed by atoms with Gasteiger partial charge >= 0.3 is 0 Å². The van der Waals surface area contributed by atoms with Crippen molar-refractivity contribution in [2.24, 2.45) is 0 Å². The van der Waals surface area contributed by atoms with Crippen LogP contribution in [0.1, 0.15) is 39.5 Å². The molecule has 2 fully saturated rings. The molecule has 3 aromatic rings. The van der Waals surface area contributed by atoms with E-state index in [-0.39, 0.29) is 0 Å². The molecule has 1 aliphatic heterocycles. The van der Waals surface area contributed by atoms with Gasteiger partial charge in [0.2, 0.25) is 0 Å². The average molecular weight is 380 g/mol. The molecule has 0 bridgehead atoms. The van der Waals surface area contributed by atoms with E-state index in [1.165, 1.54) is 6.42 Å². The van der Waals surface area contributed by atoms with Gasteiger partial charge in [-0.2, -0.15) is 0 Å². The Labute approximate surface area is 165 Å². The molecule has 1 unspecified atom stereocenters. The third-order valence-corrected chi connectivity index (χ3v) is 4.86. The van der Waals surface area contributed by atoms with Gasteiger partial charge in [-0.3, -0.25) is 9.38 Å². The molecular formula is C21H28N6O. The van der Waals surface area contributed by atoms with Crippen molar-refractivity contribution in [3.63, 3.8) is 0 Å². The molecule has 7 heteroatoms. The van der Waals surface area contributed by atoms with E-state index in [0.29, 0.717) is 12.1 Å². The van der Waals surface area contributed by atoms with E-state index in [2.05, 4.69) is 20.6 Å². The summed E-state index contributed by atoms with van der Waals surface area (Å²) in [6.07, 6.45) is 12.4. The van der Waals surface area contributed by atoms with Crippen molar-refractivity contribution >= 4 is 11.5 Å². The molecule has 4 heterocycles. The standard InChI is InChI=1S/C19H22N6O.C2H6/c1-2-13(9-20-6-1)23-18-12-21-10-16(24-18)17-11-22-19-8-15(5-7-25(17)19)26-14-3-4-14;1-2/h5,7-8,10-14,20H,1-4,6,9H2,(H,23,24);1-2H3. The van der Waals surface area contributed by atoms with Crippen LogP contribution in [0.3, 0.4) is 0 Å². The zero-order chi connectivity index (χ0) is 19.3. The van der Waals surface area contributed by atoms with Crippen molar-refractivity contribution in [2.45, 2.75) is 51.7 Å². The highest BCUT2D eigenvalue weighted by Crippen LogP contribution is 2.28. The summed E-state index contributed by atoms with van der Waals surface area (Å²) in [5, 5.41) is 6.89. The van der Waals surface area contributed by atoms with E-state index >= 15 is 0 Å². The molecule has 28 heavy (non-hydrogen) atoms. The Bertz CT molecular complexity index is 914. The summed E-state index contributed by atoms with van der Waals surface area (Å²) in [4.78, 5) is 13.6. The second kappa shape index (κ2) is 8.56. The third-order valence-electron chi connectivity index (χ3n) is 4.86. The van der Waals surface area contributed by atoms with Gasteiger partial charge in [-0.05, 0) is 38.3 Å². The molecule has 2 aliphatic rings. The summed E-state index contributed by atoms with van der Waals surface area (Å²) in [5.74, 6) is 1.68. The molecule has 0 radical (unpaired) electrons. The van der Waals surface area contributed by atoms with Crippen molar-refractivity contribution in [3.8, 4) is 17.1 Å². The van der Waals surface area contributed by atoms with Crippen LogP contribution in [0.4, 0.5) is 5.82 Å². The number of pyridine rings is 1. The fourth-order valence-corrected chi connectivity index (χ4v) is 3.35. The minimum atomic E-state index is 0.384. The topological polar surface area (TPSA) is 76.4 Å². The highest BCUT2D eigenvalue weighted by Gasteiger charge is 2.23. The van der Waals surface area contributed by atoms with Crippen LogP contribution in [0.15, 0.2) is 36.9 Å². The Kier molecular flexibility index (Phi) is 5.71. The summed E-state index contributed by atoms with van der Waals surface area (Å²) >= 11 is 0. The van der Waals surface area contributed by atoms with Gasteiger partial charge < -0.3 is 15.4 Å².